The third kappa shape index (κ3) is 2.99. The molecule has 0 unspecified atom stereocenters. The number of aryl methyl sites for hydroxylation is 1. The normalized spacial score (nSPS) is 12.4. The third-order valence-corrected chi connectivity index (χ3v) is 3.37. The number of hydrogen-bond acceptors (Lipinski definition) is 3. The monoisotopic (exact) mass is 266 g/mol. The zero-order valence-electron chi connectivity index (χ0n) is 11.5. The van der Waals surface area contributed by atoms with Gasteiger partial charge in [0.25, 0.3) is 6.01 Å². The Morgan fingerprint density at radius 2 is 1.80 bits per heavy atom. The molecule has 20 heavy (non-hydrogen) atoms. The molecule has 102 valence electrons. The maximum absolute atomic E-state index is 5.67. The first-order valence-corrected chi connectivity index (χ1v) is 6.97. The van der Waals surface area contributed by atoms with Crippen molar-refractivity contribution in [3.05, 3.63) is 60.2 Å². The van der Waals surface area contributed by atoms with Crippen LogP contribution in [0.5, 0.6) is 0 Å². The molecule has 1 aromatic heterocycles. The van der Waals surface area contributed by atoms with Gasteiger partial charge in [0.2, 0.25) is 0 Å². The number of fused-ring (bicyclic) bond motifs is 1. The summed E-state index contributed by atoms with van der Waals surface area (Å²) in [6, 6.07) is 19.3. The second-order valence-corrected chi connectivity index (χ2v) is 5.06. The van der Waals surface area contributed by atoms with Crippen molar-refractivity contribution in [2.75, 3.05) is 5.32 Å². The van der Waals surface area contributed by atoms with E-state index in [1.54, 1.807) is 0 Å². The van der Waals surface area contributed by atoms with Crippen LogP contribution in [0.3, 0.4) is 0 Å². The smallest absolute Gasteiger partial charge is 0.295 e. The standard InChI is InChI=1S/C17H18N2O/c1-13(11-12-14-7-3-2-4-8-14)18-17-19-15-9-5-6-10-16(15)20-17/h2-10,13H,11-12H2,1H3,(H,18,19)/t13-/m1/s1. The number of benzene rings is 2. The molecule has 3 aromatic rings. The highest BCUT2D eigenvalue weighted by atomic mass is 16.4. The van der Waals surface area contributed by atoms with E-state index in [1.807, 2.05) is 30.3 Å². The number of rotatable bonds is 5. The summed E-state index contributed by atoms with van der Waals surface area (Å²) in [7, 11) is 0. The molecular formula is C17H18N2O. The summed E-state index contributed by atoms with van der Waals surface area (Å²) in [5, 5.41) is 3.32. The Morgan fingerprint density at radius 1 is 1.05 bits per heavy atom. The number of nitrogens with zero attached hydrogens (tertiary/aromatic N) is 1. The van der Waals surface area contributed by atoms with Crippen LogP contribution in [-0.4, -0.2) is 11.0 Å². The average Bonchev–Trinajstić information content (AvgIpc) is 2.88. The van der Waals surface area contributed by atoms with Gasteiger partial charge >= 0.3 is 0 Å². The molecule has 0 radical (unpaired) electrons. The fraction of sp³-hybridized carbons (Fsp3) is 0.235. The molecule has 0 bridgehead atoms. The van der Waals surface area contributed by atoms with Crippen molar-refractivity contribution < 1.29 is 4.42 Å². The minimum absolute atomic E-state index is 0.322. The van der Waals surface area contributed by atoms with Gasteiger partial charge in [-0.3, -0.25) is 0 Å². The highest BCUT2D eigenvalue weighted by molar-refractivity contribution is 5.74. The molecule has 1 heterocycles. The minimum Gasteiger partial charge on any atom is -0.424 e. The van der Waals surface area contributed by atoms with E-state index >= 15 is 0 Å². The van der Waals surface area contributed by atoms with Crippen LogP contribution in [0.25, 0.3) is 11.1 Å². The van der Waals surface area contributed by atoms with Crippen LogP contribution in [0.15, 0.2) is 59.0 Å². The molecule has 0 aliphatic rings. The Kier molecular flexibility index (Phi) is 3.68. The number of anilines is 1. The van der Waals surface area contributed by atoms with E-state index in [0.717, 1.165) is 23.9 Å². The largest absolute Gasteiger partial charge is 0.424 e. The first kappa shape index (κ1) is 12.7. The summed E-state index contributed by atoms with van der Waals surface area (Å²) < 4.78 is 5.67. The second kappa shape index (κ2) is 5.78. The van der Waals surface area contributed by atoms with E-state index in [9.17, 15) is 0 Å². The van der Waals surface area contributed by atoms with Crippen LogP contribution in [0.1, 0.15) is 18.9 Å². The molecule has 1 atom stereocenters. The van der Waals surface area contributed by atoms with Gasteiger partial charge in [0.05, 0.1) is 0 Å². The Labute approximate surface area is 118 Å². The summed E-state index contributed by atoms with van der Waals surface area (Å²) in [5.74, 6) is 0. The van der Waals surface area contributed by atoms with E-state index in [1.165, 1.54) is 5.56 Å². The lowest BCUT2D eigenvalue weighted by Crippen LogP contribution is -2.16. The van der Waals surface area contributed by atoms with Gasteiger partial charge in [-0.1, -0.05) is 42.5 Å². The lowest BCUT2D eigenvalue weighted by atomic mass is 10.1. The van der Waals surface area contributed by atoms with Gasteiger partial charge < -0.3 is 9.73 Å². The molecule has 3 heteroatoms. The molecule has 1 N–H and O–H groups in total. The SMILES string of the molecule is C[C@H](CCc1ccccc1)Nc1nc2ccccc2o1. The summed E-state index contributed by atoms with van der Waals surface area (Å²) in [6.07, 6.45) is 2.10. The van der Waals surface area contributed by atoms with Crippen LogP contribution >= 0.6 is 0 Å². The van der Waals surface area contributed by atoms with Gasteiger partial charge in [-0.2, -0.15) is 4.98 Å². The molecule has 3 nitrogen and oxygen atoms in total. The van der Waals surface area contributed by atoms with E-state index in [2.05, 4.69) is 41.5 Å². The van der Waals surface area contributed by atoms with Crippen molar-refractivity contribution in [3.8, 4) is 0 Å². The summed E-state index contributed by atoms with van der Waals surface area (Å²) in [6.45, 7) is 2.15. The van der Waals surface area contributed by atoms with Crippen LogP contribution in [0, 0.1) is 0 Å². The quantitative estimate of drug-likeness (QED) is 0.749. The molecule has 0 saturated heterocycles. The minimum atomic E-state index is 0.322. The lowest BCUT2D eigenvalue weighted by molar-refractivity contribution is 0.589. The van der Waals surface area contributed by atoms with Gasteiger partial charge in [0, 0.05) is 6.04 Å². The van der Waals surface area contributed by atoms with Crippen LogP contribution < -0.4 is 5.32 Å². The fourth-order valence-corrected chi connectivity index (χ4v) is 2.24. The molecule has 0 saturated carbocycles. The summed E-state index contributed by atoms with van der Waals surface area (Å²) in [4.78, 5) is 4.43. The maximum Gasteiger partial charge on any atom is 0.295 e. The first-order chi connectivity index (χ1) is 9.81. The Hall–Kier alpha value is -2.29. The molecule has 0 amide bonds. The third-order valence-electron chi connectivity index (χ3n) is 3.37. The van der Waals surface area contributed by atoms with Crippen molar-refractivity contribution in [2.24, 2.45) is 0 Å². The highest BCUT2D eigenvalue weighted by Crippen LogP contribution is 2.19. The zero-order valence-corrected chi connectivity index (χ0v) is 11.5. The van der Waals surface area contributed by atoms with Crippen LogP contribution in [-0.2, 0) is 6.42 Å². The Balaban J connectivity index is 1.59. The maximum atomic E-state index is 5.67. The Morgan fingerprint density at radius 3 is 2.60 bits per heavy atom. The van der Waals surface area contributed by atoms with Gasteiger partial charge in [-0.15, -0.1) is 0 Å². The summed E-state index contributed by atoms with van der Waals surface area (Å²) in [5.41, 5.74) is 3.08. The molecule has 0 aliphatic heterocycles. The zero-order chi connectivity index (χ0) is 13.8. The second-order valence-electron chi connectivity index (χ2n) is 5.06. The number of nitrogens with one attached hydrogen (secondary N) is 1. The predicted octanol–water partition coefficient (Wildman–Crippen LogP) is 4.26. The number of aromatic nitrogens is 1. The molecule has 3 rings (SSSR count). The molecule has 2 aromatic carbocycles. The molecular weight excluding hydrogens is 248 g/mol. The van der Waals surface area contributed by atoms with E-state index in [4.69, 9.17) is 4.42 Å². The van der Waals surface area contributed by atoms with Gasteiger partial charge in [-0.05, 0) is 37.5 Å². The fourth-order valence-electron chi connectivity index (χ4n) is 2.24. The Bertz CT molecular complexity index is 643. The van der Waals surface area contributed by atoms with Crippen molar-refractivity contribution in [3.63, 3.8) is 0 Å². The van der Waals surface area contributed by atoms with Crippen LogP contribution in [0.2, 0.25) is 0 Å². The molecule has 0 fully saturated rings. The van der Waals surface area contributed by atoms with Crippen molar-refractivity contribution in [2.45, 2.75) is 25.8 Å². The van der Waals surface area contributed by atoms with Gasteiger partial charge in [0.15, 0.2) is 5.58 Å². The predicted molar refractivity (Wildman–Crippen MR) is 81.9 cm³/mol. The van der Waals surface area contributed by atoms with Gasteiger partial charge in [-0.25, -0.2) is 0 Å². The van der Waals surface area contributed by atoms with Crippen molar-refractivity contribution in [1.29, 1.82) is 0 Å². The molecule has 0 spiro atoms. The van der Waals surface area contributed by atoms with Gasteiger partial charge in [0.1, 0.15) is 5.52 Å². The lowest BCUT2D eigenvalue weighted by Gasteiger charge is -2.11. The first-order valence-electron chi connectivity index (χ1n) is 6.97. The van der Waals surface area contributed by atoms with Crippen LogP contribution in [0.4, 0.5) is 6.01 Å². The molecule has 0 aliphatic carbocycles. The van der Waals surface area contributed by atoms with E-state index < -0.39 is 0 Å². The number of para-hydroxylation sites is 2. The summed E-state index contributed by atoms with van der Waals surface area (Å²) >= 11 is 0. The topological polar surface area (TPSA) is 38.1 Å². The van der Waals surface area contributed by atoms with Crippen molar-refractivity contribution >= 4 is 17.1 Å². The number of oxazole rings is 1. The number of hydrogen-bond donors (Lipinski definition) is 1. The van der Waals surface area contributed by atoms with E-state index in [0.29, 0.717) is 12.1 Å². The van der Waals surface area contributed by atoms with E-state index in [-0.39, 0.29) is 0 Å². The average molecular weight is 266 g/mol. The highest BCUT2D eigenvalue weighted by Gasteiger charge is 2.08. The van der Waals surface area contributed by atoms with Crippen molar-refractivity contribution in [1.82, 2.24) is 4.98 Å².